The molecule has 0 aromatic rings. The Labute approximate surface area is 78.8 Å². The van der Waals surface area contributed by atoms with Crippen molar-refractivity contribution in [3.05, 3.63) is 6.42 Å². The van der Waals surface area contributed by atoms with Crippen LogP contribution in [-0.4, -0.2) is 21.3 Å². The van der Waals surface area contributed by atoms with Crippen LogP contribution in [0.15, 0.2) is 0 Å². The Morgan fingerprint density at radius 2 is 2.00 bits per heavy atom. The topological polar surface area (TPSA) is 43.4 Å². The second-order valence-electron chi connectivity index (χ2n) is 2.01. The van der Waals surface area contributed by atoms with Gasteiger partial charge in [0.1, 0.15) is 0 Å². The fourth-order valence-electron chi connectivity index (χ4n) is 0.487. The third kappa shape index (κ3) is 13.4. The zero-order valence-electron chi connectivity index (χ0n) is 6.66. The molecule has 0 heterocycles. The summed E-state index contributed by atoms with van der Waals surface area (Å²) in [5, 5.41) is 0. The first-order valence-electron chi connectivity index (χ1n) is 3.22. The van der Waals surface area contributed by atoms with Crippen LogP contribution in [-0.2, 0) is 31.1 Å². The van der Waals surface area contributed by atoms with E-state index >= 15 is 0 Å². The quantitative estimate of drug-likeness (QED) is 0.397. The summed E-state index contributed by atoms with van der Waals surface area (Å²) in [6.07, 6.45) is 4.68. The molecule has 0 unspecified atom stereocenters. The van der Waals surface area contributed by atoms with E-state index in [2.05, 4.69) is 4.18 Å². The maximum Gasteiger partial charge on any atom is 0.264 e. The molecular formula is C6H13CoO3S-. The Balaban J connectivity index is 0. The maximum absolute atomic E-state index is 10.4. The molecule has 0 rings (SSSR count). The van der Waals surface area contributed by atoms with Crippen molar-refractivity contribution in [1.82, 2.24) is 0 Å². The minimum atomic E-state index is -3.22. The van der Waals surface area contributed by atoms with Crippen LogP contribution < -0.4 is 0 Å². The Hall–Kier alpha value is 0.416. The predicted molar refractivity (Wildman–Crippen MR) is 40.0 cm³/mol. The molecule has 3 nitrogen and oxygen atoms in total. The zero-order valence-corrected chi connectivity index (χ0v) is 8.52. The van der Waals surface area contributed by atoms with Gasteiger partial charge in [0, 0.05) is 23.4 Å². The number of unbranched alkanes of at least 4 members (excludes halogenated alkanes) is 2. The number of hydrogen-bond acceptors (Lipinski definition) is 3. The van der Waals surface area contributed by atoms with Crippen LogP contribution in [0.25, 0.3) is 0 Å². The summed E-state index contributed by atoms with van der Waals surface area (Å²) in [4.78, 5) is 0. The molecule has 11 heavy (non-hydrogen) atoms. The number of hydrogen-bond donors (Lipinski definition) is 0. The molecule has 0 fully saturated rings. The van der Waals surface area contributed by atoms with Crippen LogP contribution in [0.3, 0.4) is 0 Å². The number of rotatable bonds is 5. The molecule has 0 bridgehead atoms. The van der Waals surface area contributed by atoms with E-state index in [0.717, 1.165) is 12.7 Å². The van der Waals surface area contributed by atoms with Gasteiger partial charge in [-0.3, -0.25) is 4.18 Å². The van der Waals surface area contributed by atoms with E-state index in [1.165, 1.54) is 0 Å². The summed E-state index contributed by atoms with van der Waals surface area (Å²) in [6.45, 7) is 2.27. The molecule has 0 aliphatic carbocycles. The van der Waals surface area contributed by atoms with Crippen molar-refractivity contribution < 1.29 is 29.4 Å². The summed E-state index contributed by atoms with van der Waals surface area (Å²) < 4.78 is 25.2. The molecule has 0 aromatic carbocycles. The van der Waals surface area contributed by atoms with Gasteiger partial charge in [-0.25, -0.2) is 0 Å². The van der Waals surface area contributed by atoms with Crippen LogP contribution in [0, 0.1) is 6.42 Å². The molecule has 1 radical (unpaired) electrons. The van der Waals surface area contributed by atoms with Gasteiger partial charge < -0.3 is 6.42 Å². The molecule has 0 aliphatic heterocycles. The average Bonchev–Trinajstić information content (AvgIpc) is 1.78. The molecule has 71 valence electrons. The first kappa shape index (κ1) is 14.0. The van der Waals surface area contributed by atoms with Crippen molar-refractivity contribution in [3.63, 3.8) is 0 Å². The summed E-state index contributed by atoms with van der Waals surface area (Å²) in [6, 6.07) is 0. The molecule has 0 N–H and O–H groups in total. The Bertz CT molecular complexity index is 165. The summed E-state index contributed by atoms with van der Waals surface area (Å²) >= 11 is 0. The normalized spacial score (nSPS) is 10.7. The maximum atomic E-state index is 10.4. The van der Waals surface area contributed by atoms with Gasteiger partial charge in [0.15, 0.2) is 0 Å². The van der Waals surface area contributed by atoms with E-state index < -0.39 is 10.1 Å². The first-order chi connectivity index (χ1) is 4.56. The third-order valence-corrected chi connectivity index (χ3v) is 1.50. The Kier molecular flexibility index (Phi) is 9.00. The van der Waals surface area contributed by atoms with Crippen molar-refractivity contribution >= 4 is 10.1 Å². The smallest absolute Gasteiger partial charge is 0.264 e. The second-order valence-corrected chi connectivity index (χ2v) is 3.66. The zero-order chi connectivity index (χ0) is 8.04. The fourth-order valence-corrected chi connectivity index (χ4v) is 0.886. The van der Waals surface area contributed by atoms with E-state index in [1.807, 2.05) is 13.3 Å². The van der Waals surface area contributed by atoms with Gasteiger partial charge in [-0.15, -0.1) is 0 Å². The van der Waals surface area contributed by atoms with Crippen LogP contribution in [0.1, 0.15) is 19.8 Å². The van der Waals surface area contributed by atoms with Crippen LogP contribution >= 0.6 is 0 Å². The SMILES string of the molecule is CC[CH-]CCOS(C)(=O)=O.[Co]. The molecule has 0 aromatic heterocycles. The van der Waals surface area contributed by atoms with Crippen molar-refractivity contribution in [3.8, 4) is 0 Å². The van der Waals surface area contributed by atoms with E-state index in [-0.39, 0.29) is 23.4 Å². The minimum Gasteiger partial charge on any atom is -0.327 e. The van der Waals surface area contributed by atoms with Crippen molar-refractivity contribution in [2.24, 2.45) is 0 Å². The Morgan fingerprint density at radius 1 is 1.45 bits per heavy atom. The molecule has 0 atom stereocenters. The van der Waals surface area contributed by atoms with Crippen LogP contribution in [0.2, 0.25) is 0 Å². The van der Waals surface area contributed by atoms with Crippen LogP contribution in [0.4, 0.5) is 0 Å². The molecule has 5 heteroatoms. The largest absolute Gasteiger partial charge is 0.327 e. The first-order valence-corrected chi connectivity index (χ1v) is 5.04. The summed E-state index contributed by atoms with van der Waals surface area (Å²) in [5.41, 5.74) is 0. The van der Waals surface area contributed by atoms with E-state index in [4.69, 9.17) is 0 Å². The standard InChI is InChI=1S/C6H13O3S.Co/c1-3-4-5-6-9-10(2,7)8;/h4H,3,5-6H2,1-2H3;/q-1;. The van der Waals surface area contributed by atoms with Gasteiger partial charge in [-0.1, -0.05) is 6.92 Å². The third-order valence-electron chi connectivity index (χ3n) is 0.908. The summed E-state index contributed by atoms with van der Waals surface area (Å²) in [5.74, 6) is 0. The monoisotopic (exact) mass is 224 g/mol. The Morgan fingerprint density at radius 3 is 2.36 bits per heavy atom. The predicted octanol–water partition coefficient (Wildman–Crippen LogP) is 0.964. The molecular weight excluding hydrogens is 211 g/mol. The van der Waals surface area contributed by atoms with E-state index in [0.29, 0.717) is 6.42 Å². The van der Waals surface area contributed by atoms with E-state index in [1.54, 1.807) is 0 Å². The van der Waals surface area contributed by atoms with Crippen molar-refractivity contribution in [2.75, 3.05) is 12.9 Å². The van der Waals surface area contributed by atoms with Gasteiger partial charge in [0.2, 0.25) is 0 Å². The summed E-state index contributed by atoms with van der Waals surface area (Å²) in [7, 11) is -3.22. The van der Waals surface area contributed by atoms with Crippen LogP contribution in [0.5, 0.6) is 0 Å². The minimum absolute atomic E-state index is 0. The molecule has 0 spiro atoms. The van der Waals surface area contributed by atoms with Crippen molar-refractivity contribution in [2.45, 2.75) is 19.8 Å². The van der Waals surface area contributed by atoms with Gasteiger partial charge >= 0.3 is 0 Å². The second kappa shape index (κ2) is 7.09. The van der Waals surface area contributed by atoms with Gasteiger partial charge in [-0.2, -0.15) is 21.3 Å². The molecule has 0 amide bonds. The molecule has 0 saturated heterocycles. The molecule has 0 saturated carbocycles. The van der Waals surface area contributed by atoms with E-state index in [9.17, 15) is 8.42 Å². The van der Waals surface area contributed by atoms with Crippen molar-refractivity contribution in [1.29, 1.82) is 0 Å². The van der Waals surface area contributed by atoms with Gasteiger partial charge in [0.25, 0.3) is 10.1 Å². The molecule has 0 aliphatic rings. The fraction of sp³-hybridized carbons (Fsp3) is 0.833. The van der Waals surface area contributed by atoms with Gasteiger partial charge in [-0.05, 0) is 0 Å². The average molecular weight is 224 g/mol. The van der Waals surface area contributed by atoms with Gasteiger partial charge in [0.05, 0.1) is 6.26 Å².